The smallest absolute Gasteiger partial charge is 0.244 e. The van der Waals surface area contributed by atoms with Gasteiger partial charge in [-0.05, 0) is 48.7 Å². The number of amides is 1. The maximum atomic E-state index is 12.2. The van der Waals surface area contributed by atoms with Crippen LogP contribution in [0.3, 0.4) is 0 Å². The Kier molecular flexibility index (Phi) is 6.81. The van der Waals surface area contributed by atoms with Crippen LogP contribution >= 0.6 is 0 Å². The van der Waals surface area contributed by atoms with Crippen molar-refractivity contribution in [3.63, 3.8) is 0 Å². The Morgan fingerprint density at radius 3 is 2.73 bits per heavy atom. The van der Waals surface area contributed by atoms with Crippen molar-refractivity contribution in [1.29, 1.82) is 5.26 Å². The van der Waals surface area contributed by atoms with Crippen molar-refractivity contribution in [3.8, 4) is 17.6 Å². The van der Waals surface area contributed by atoms with E-state index in [1.165, 1.54) is 13.2 Å². The lowest BCUT2D eigenvalue weighted by Gasteiger charge is -2.15. The van der Waals surface area contributed by atoms with Crippen molar-refractivity contribution in [3.05, 3.63) is 65.2 Å². The molecule has 0 aliphatic heterocycles. The second-order valence-corrected chi connectivity index (χ2v) is 5.78. The molecule has 0 heterocycles. The average Bonchev–Trinajstić information content (AvgIpc) is 2.65. The number of ether oxygens (including phenoxy) is 2. The van der Waals surface area contributed by atoms with E-state index in [1.807, 2.05) is 44.2 Å². The van der Waals surface area contributed by atoms with Gasteiger partial charge in [-0.3, -0.25) is 4.79 Å². The van der Waals surface area contributed by atoms with Crippen LogP contribution in [-0.2, 0) is 4.79 Å². The van der Waals surface area contributed by atoms with Gasteiger partial charge in [0.05, 0.1) is 13.2 Å². The number of hydrogen-bond donors (Lipinski definition) is 1. The number of nitrogens with one attached hydrogen (secondary N) is 1. The molecule has 1 amide bonds. The Morgan fingerprint density at radius 1 is 1.27 bits per heavy atom. The minimum Gasteiger partial charge on any atom is -0.493 e. The number of aryl methyl sites for hydroxylation is 1. The minimum atomic E-state index is -0.176. The van der Waals surface area contributed by atoms with E-state index >= 15 is 0 Å². The maximum Gasteiger partial charge on any atom is 0.244 e. The van der Waals surface area contributed by atoms with Crippen molar-refractivity contribution in [1.82, 2.24) is 5.32 Å². The van der Waals surface area contributed by atoms with Crippen molar-refractivity contribution < 1.29 is 14.3 Å². The Hall–Kier alpha value is -3.26. The molecule has 0 aliphatic rings. The maximum absolute atomic E-state index is 12.2. The first-order chi connectivity index (χ1) is 12.5. The lowest BCUT2D eigenvalue weighted by atomic mass is 10.0. The fourth-order valence-corrected chi connectivity index (χ4v) is 2.60. The van der Waals surface area contributed by atoms with Gasteiger partial charge in [-0.2, -0.15) is 5.26 Å². The van der Waals surface area contributed by atoms with Crippen LogP contribution < -0.4 is 14.8 Å². The van der Waals surface area contributed by atoms with Gasteiger partial charge in [0.2, 0.25) is 5.91 Å². The SMILES string of the molecule is COc1cc(/C=C/C(=O)NC(C)c2ccccc2C)ccc1OCC#N. The van der Waals surface area contributed by atoms with E-state index in [-0.39, 0.29) is 18.6 Å². The fraction of sp³-hybridized carbons (Fsp3) is 0.238. The number of nitriles is 1. The quantitative estimate of drug-likeness (QED) is 0.771. The molecule has 1 atom stereocenters. The summed E-state index contributed by atoms with van der Waals surface area (Å²) < 4.78 is 10.5. The van der Waals surface area contributed by atoms with Crippen LogP contribution in [0.4, 0.5) is 0 Å². The lowest BCUT2D eigenvalue weighted by Crippen LogP contribution is -2.25. The molecular weight excluding hydrogens is 328 g/mol. The van der Waals surface area contributed by atoms with Gasteiger partial charge in [0.15, 0.2) is 18.1 Å². The Balaban J connectivity index is 2.03. The zero-order valence-corrected chi connectivity index (χ0v) is 15.2. The number of carbonyl (C=O) groups is 1. The van der Waals surface area contributed by atoms with Crippen LogP contribution in [0.1, 0.15) is 29.7 Å². The molecule has 26 heavy (non-hydrogen) atoms. The van der Waals surface area contributed by atoms with Crippen LogP contribution in [0.25, 0.3) is 6.08 Å². The zero-order chi connectivity index (χ0) is 18.9. The number of hydrogen-bond acceptors (Lipinski definition) is 4. The summed E-state index contributed by atoms with van der Waals surface area (Å²) in [5, 5.41) is 11.5. The third-order valence-electron chi connectivity index (χ3n) is 3.92. The second kappa shape index (κ2) is 9.28. The molecule has 0 radical (unpaired) electrons. The van der Waals surface area contributed by atoms with E-state index in [0.29, 0.717) is 11.5 Å². The van der Waals surface area contributed by atoms with Crippen LogP contribution in [0, 0.1) is 18.3 Å². The van der Waals surface area contributed by atoms with E-state index in [4.69, 9.17) is 14.7 Å². The van der Waals surface area contributed by atoms with E-state index < -0.39 is 0 Å². The highest BCUT2D eigenvalue weighted by molar-refractivity contribution is 5.92. The van der Waals surface area contributed by atoms with Gasteiger partial charge in [-0.15, -0.1) is 0 Å². The van der Waals surface area contributed by atoms with Gasteiger partial charge < -0.3 is 14.8 Å². The first-order valence-electron chi connectivity index (χ1n) is 8.27. The van der Waals surface area contributed by atoms with Gasteiger partial charge in [0.1, 0.15) is 6.07 Å². The number of methoxy groups -OCH3 is 1. The molecule has 2 rings (SSSR count). The summed E-state index contributed by atoms with van der Waals surface area (Å²) in [6.45, 7) is 3.93. The Morgan fingerprint density at radius 2 is 2.04 bits per heavy atom. The molecule has 1 unspecified atom stereocenters. The number of rotatable bonds is 7. The third-order valence-corrected chi connectivity index (χ3v) is 3.92. The van der Waals surface area contributed by atoms with Crippen LogP contribution in [-0.4, -0.2) is 19.6 Å². The first kappa shape index (κ1) is 19.1. The molecule has 0 fully saturated rings. The standard InChI is InChI=1S/C21H22N2O3/c1-15-6-4-5-7-18(15)16(2)23-21(24)11-9-17-8-10-19(26-13-12-22)20(14-17)25-3/h4-11,14,16H,13H2,1-3H3,(H,23,24)/b11-9+. The van der Waals surface area contributed by atoms with Gasteiger partial charge in [-0.25, -0.2) is 0 Å². The molecule has 0 bridgehead atoms. The topological polar surface area (TPSA) is 71.3 Å². The molecule has 2 aromatic carbocycles. The van der Waals surface area contributed by atoms with Crippen LogP contribution in [0.2, 0.25) is 0 Å². The highest BCUT2D eigenvalue weighted by atomic mass is 16.5. The monoisotopic (exact) mass is 350 g/mol. The van der Waals surface area contributed by atoms with Gasteiger partial charge >= 0.3 is 0 Å². The summed E-state index contributed by atoms with van der Waals surface area (Å²) in [6.07, 6.45) is 3.19. The lowest BCUT2D eigenvalue weighted by molar-refractivity contribution is -0.117. The summed E-state index contributed by atoms with van der Waals surface area (Å²) in [7, 11) is 1.53. The summed E-state index contributed by atoms with van der Waals surface area (Å²) in [4.78, 5) is 12.2. The Labute approximate surface area is 153 Å². The van der Waals surface area contributed by atoms with Crippen LogP contribution in [0.5, 0.6) is 11.5 Å². The molecule has 0 saturated carbocycles. The second-order valence-electron chi connectivity index (χ2n) is 5.78. The molecule has 1 N–H and O–H groups in total. The predicted octanol–water partition coefficient (Wildman–Crippen LogP) is 3.80. The number of nitrogens with zero attached hydrogens (tertiary/aromatic N) is 1. The van der Waals surface area contributed by atoms with Gasteiger partial charge in [-0.1, -0.05) is 30.3 Å². The zero-order valence-electron chi connectivity index (χ0n) is 15.2. The van der Waals surface area contributed by atoms with Crippen LogP contribution in [0.15, 0.2) is 48.5 Å². The van der Waals surface area contributed by atoms with Gasteiger partial charge in [0.25, 0.3) is 0 Å². The summed E-state index contributed by atoms with van der Waals surface area (Å²) >= 11 is 0. The molecule has 5 heteroatoms. The summed E-state index contributed by atoms with van der Waals surface area (Å²) in [5.41, 5.74) is 3.03. The number of benzene rings is 2. The van der Waals surface area contributed by atoms with E-state index in [9.17, 15) is 4.79 Å². The third kappa shape index (κ3) is 5.12. The molecule has 0 spiro atoms. The minimum absolute atomic E-state index is 0.0509. The highest BCUT2D eigenvalue weighted by Gasteiger charge is 2.09. The fourth-order valence-electron chi connectivity index (χ4n) is 2.60. The van der Waals surface area contributed by atoms with Crippen molar-refractivity contribution in [2.24, 2.45) is 0 Å². The normalized spacial score (nSPS) is 11.6. The van der Waals surface area contributed by atoms with E-state index in [2.05, 4.69) is 5.32 Å². The molecule has 134 valence electrons. The highest BCUT2D eigenvalue weighted by Crippen LogP contribution is 2.28. The van der Waals surface area contributed by atoms with E-state index in [1.54, 1.807) is 24.3 Å². The molecule has 2 aromatic rings. The van der Waals surface area contributed by atoms with E-state index in [0.717, 1.165) is 16.7 Å². The van der Waals surface area contributed by atoms with Crippen molar-refractivity contribution in [2.45, 2.75) is 19.9 Å². The number of carbonyl (C=O) groups excluding carboxylic acids is 1. The average molecular weight is 350 g/mol. The molecule has 5 nitrogen and oxygen atoms in total. The van der Waals surface area contributed by atoms with Crippen molar-refractivity contribution in [2.75, 3.05) is 13.7 Å². The summed E-state index contributed by atoms with van der Waals surface area (Å²) in [6, 6.07) is 15.1. The Bertz CT molecular complexity index is 837. The molecular formula is C21H22N2O3. The van der Waals surface area contributed by atoms with Gasteiger partial charge in [0, 0.05) is 6.08 Å². The molecule has 0 saturated heterocycles. The first-order valence-corrected chi connectivity index (χ1v) is 8.27. The van der Waals surface area contributed by atoms with Crippen molar-refractivity contribution >= 4 is 12.0 Å². The largest absolute Gasteiger partial charge is 0.493 e. The predicted molar refractivity (Wildman–Crippen MR) is 101 cm³/mol. The molecule has 0 aliphatic carbocycles. The summed E-state index contributed by atoms with van der Waals surface area (Å²) in [5.74, 6) is 0.824. The molecule has 0 aromatic heterocycles.